The van der Waals surface area contributed by atoms with Crippen molar-refractivity contribution in [2.75, 3.05) is 13.2 Å². The van der Waals surface area contributed by atoms with Crippen LogP contribution in [0.1, 0.15) is 149 Å². The smallest absolute Gasteiger partial charge is 0.339 e. The van der Waals surface area contributed by atoms with Crippen molar-refractivity contribution in [1.29, 1.82) is 0 Å². The van der Waals surface area contributed by atoms with E-state index in [0.717, 1.165) is 59.4 Å². The summed E-state index contributed by atoms with van der Waals surface area (Å²) in [7, 11) is -1.44. The van der Waals surface area contributed by atoms with Crippen molar-refractivity contribution in [2.45, 2.75) is 141 Å². The molecule has 3 saturated carbocycles. The van der Waals surface area contributed by atoms with Crippen molar-refractivity contribution in [3.05, 3.63) is 113 Å². The molecule has 0 aromatic heterocycles. The summed E-state index contributed by atoms with van der Waals surface area (Å²) in [5, 5.41) is 0. The molecule has 3 aromatic rings. The lowest BCUT2D eigenvalue weighted by molar-refractivity contribution is -0.152. The van der Waals surface area contributed by atoms with Gasteiger partial charge in [0.05, 0.1) is 30.6 Å². The first-order valence-corrected chi connectivity index (χ1v) is 28.6. The molecule has 3 fully saturated rings. The second kappa shape index (κ2) is 25.5. The lowest BCUT2D eigenvalue weighted by Crippen LogP contribution is -2.39. The number of carbonyl (C=O) groups excluding carboxylic acids is 4. The number of carbonyl (C=O) groups is 4. The highest BCUT2D eigenvalue weighted by Crippen LogP contribution is 2.44. The molecule has 3 aliphatic rings. The summed E-state index contributed by atoms with van der Waals surface area (Å²) in [5.74, 6) is 17.1. The summed E-state index contributed by atoms with van der Waals surface area (Å²) in [4.78, 5) is 50.8. The topological polar surface area (TPSA) is 105 Å². The summed E-state index contributed by atoms with van der Waals surface area (Å²) in [6.07, 6.45) is 16.6. The van der Waals surface area contributed by atoms with E-state index in [9.17, 15) is 19.2 Å². The van der Waals surface area contributed by atoms with Gasteiger partial charge in [-0.3, -0.25) is 9.59 Å². The fourth-order valence-corrected chi connectivity index (χ4v) is 10.1. The summed E-state index contributed by atoms with van der Waals surface area (Å²) < 4.78 is 22.6. The molecule has 0 spiro atoms. The Morgan fingerprint density at radius 2 is 1.15 bits per heavy atom. The zero-order valence-electron chi connectivity index (χ0n) is 40.8. The van der Waals surface area contributed by atoms with E-state index in [1.165, 1.54) is 38.5 Å². The molecule has 0 atom stereocenters. The third kappa shape index (κ3) is 16.5. The van der Waals surface area contributed by atoms with Gasteiger partial charge in [-0.05, 0) is 180 Å². The first kappa shape index (κ1) is 51.6. The number of rotatable bonds is 15. The van der Waals surface area contributed by atoms with E-state index in [0.29, 0.717) is 81.8 Å². The number of hydrogen-bond acceptors (Lipinski definition) is 8. The van der Waals surface area contributed by atoms with Gasteiger partial charge in [-0.15, -0.1) is 5.54 Å². The van der Waals surface area contributed by atoms with Crippen molar-refractivity contribution < 1.29 is 38.1 Å². The summed E-state index contributed by atoms with van der Waals surface area (Å²) in [6.45, 7) is 13.0. The first-order chi connectivity index (χ1) is 32.8. The van der Waals surface area contributed by atoms with E-state index in [4.69, 9.17) is 18.9 Å². The average Bonchev–Trinajstić information content (AvgIpc) is 3.35. The van der Waals surface area contributed by atoms with Crippen LogP contribution in [-0.4, -0.2) is 50.8 Å². The Morgan fingerprint density at radius 3 is 1.69 bits per heavy atom. The van der Waals surface area contributed by atoms with Gasteiger partial charge in [-0.1, -0.05) is 82.5 Å². The van der Waals surface area contributed by atoms with Crippen LogP contribution in [-0.2, 0) is 28.6 Å². The Morgan fingerprint density at radius 1 is 0.632 bits per heavy atom. The van der Waals surface area contributed by atoms with E-state index in [2.05, 4.69) is 68.3 Å². The quantitative estimate of drug-likeness (QED) is 0.0282. The third-order valence-corrected chi connectivity index (χ3v) is 14.5. The first-order valence-electron chi connectivity index (χ1n) is 25.1. The predicted molar refractivity (Wildman–Crippen MR) is 270 cm³/mol. The standard InChI is InChI=1S/C59H70O8Si/c1-6-11-44-22-24-49(25-23-44)50-35-39-59(40-36-50,38-34-47-18-14-45(15-19-47)12-13-46-16-20-48(21-17-46)37-43-68(3,4)5)67-58(63)53-30-32-54(33-31-53)66-57(62)52-28-26-51(27-29-52)56(61)65-42-10-8-9-41-64-55(60)7-2/h7,14-21,30-33,44,49-52H,2,6,8-11,22-29,35-36,39-42H2,1,3-5H3. The Kier molecular flexibility index (Phi) is 19.4. The van der Waals surface area contributed by atoms with Gasteiger partial charge in [0.2, 0.25) is 0 Å². The molecule has 0 heterocycles. The second-order valence-electron chi connectivity index (χ2n) is 20.0. The third-order valence-electron chi connectivity index (χ3n) is 13.7. The van der Waals surface area contributed by atoms with Crippen molar-refractivity contribution in [3.63, 3.8) is 0 Å². The summed E-state index contributed by atoms with van der Waals surface area (Å²) >= 11 is 0. The normalized spacial score (nSPS) is 22.3. The van der Waals surface area contributed by atoms with Crippen molar-refractivity contribution in [2.24, 2.45) is 29.6 Å². The van der Waals surface area contributed by atoms with Crippen LogP contribution in [0, 0.1) is 64.7 Å². The molecule has 0 radical (unpaired) electrons. The van der Waals surface area contributed by atoms with E-state index in [1.54, 1.807) is 24.3 Å². The largest absolute Gasteiger partial charge is 0.465 e. The Hall–Kier alpha value is -5.82. The lowest BCUT2D eigenvalue weighted by Gasteiger charge is -2.41. The highest BCUT2D eigenvalue weighted by atomic mass is 28.3. The van der Waals surface area contributed by atoms with Crippen LogP contribution in [0.25, 0.3) is 0 Å². The maximum atomic E-state index is 13.9. The molecule has 6 rings (SSSR count). The van der Waals surface area contributed by atoms with Crippen LogP contribution < -0.4 is 4.74 Å². The van der Waals surface area contributed by atoms with Crippen LogP contribution in [0.5, 0.6) is 5.75 Å². The van der Waals surface area contributed by atoms with E-state index in [1.807, 2.05) is 48.5 Å². The highest BCUT2D eigenvalue weighted by molar-refractivity contribution is 6.83. The zero-order chi connectivity index (χ0) is 48.4. The molecule has 358 valence electrons. The van der Waals surface area contributed by atoms with Gasteiger partial charge in [0.1, 0.15) is 13.8 Å². The van der Waals surface area contributed by atoms with Gasteiger partial charge in [0.15, 0.2) is 5.60 Å². The average molecular weight is 935 g/mol. The Balaban J connectivity index is 1.03. The van der Waals surface area contributed by atoms with Crippen LogP contribution in [0.15, 0.2) is 85.5 Å². The minimum absolute atomic E-state index is 0.236. The van der Waals surface area contributed by atoms with Gasteiger partial charge in [-0.2, -0.15) is 0 Å². The second-order valence-corrected chi connectivity index (χ2v) is 24.8. The molecule has 9 heteroatoms. The van der Waals surface area contributed by atoms with Crippen molar-refractivity contribution in [1.82, 2.24) is 0 Å². The number of esters is 4. The molecule has 0 bridgehead atoms. The Bertz CT molecular complexity index is 2350. The maximum absolute atomic E-state index is 13.9. The molecule has 68 heavy (non-hydrogen) atoms. The van der Waals surface area contributed by atoms with E-state index >= 15 is 0 Å². The zero-order valence-corrected chi connectivity index (χ0v) is 41.8. The van der Waals surface area contributed by atoms with Crippen molar-refractivity contribution >= 4 is 32.0 Å². The molecule has 0 unspecified atom stereocenters. The van der Waals surface area contributed by atoms with Gasteiger partial charge >= 0.3 is 23.9 Å². The van der Waals surface area contributed by atoms with Gasteiger partial charge in [0, 0.05) is 28.3 Å². The molecule has 0 N–H and O–H groups in total. The molecule has 3 aliphatic carbocycles. The molecule has 3 aromatic carbocycles. The lowest BCUT2D eigenvalue weighted by atomic mass is 9.67. The number of hydrogen-bond donors (Lipinski definition) is 0. The van der Waals surface area contributed by atoms with Gasteiger partial charge < -0.3 is 18.9 Å². The monoisotopic (exact) mass is 934 g/mol. The minimum atomic E-state index is -1.44. The molecule has 0 amide bonds. The predicted octanol–water partition coefficient (Wildman–Crippen LogP) is 12.2. The van der Waals surface area contributed by atoms with Crippen LogP contribution in [0.2, 0.25) is 19.6 Å². The SMILES string of the molecule is C=CC(=O)OCCCCCOC(=O)C1CCC(C(=O)Oc2ccc(C(=O)OC3(C#Cc4ccc(C#Cc5ccc(C#C[Si](C)(C)C)cc5)cc4)CCC(C4CCC(CCC)CC4)CC3)cc2)CC1. The molecule has 0 aliphatic heterocycles. The Labute approximate surface area is 406 Å². The highest BCUT2D eigenvalue weighted by Gasteiger charge is 2.41. The van der Waals surface area contributed by atoms with E-state index in [-0.39, 0.29) is 23.8 Å². The van der Waals surface area contributed by atoms with E-state index < -0.39 is 25.6 Å². The van der Waals surface area contributed by atoms with Crippen LogP contribution in [0.4, 0.5) is 0 Å². The van der Waals surface area contributed by atoms with Gasteiger partial charge in [-0.25, -0.2) is 9.59 Å². The summed E-state index contributed by atoms with van der Waals surface area (Å²) in [5.41, 5.74) is 6.51. The molecule has 8 nitrogen and oxygen atoms in total. The number of unbranched alkanes of at least 4 members (excludes halogenated alkanes) is 2. The van der Waals surface area contributed by atoms with Crippen molar-refractivity contribution in [3.8, 4) is 40.9 Å². The molecular formula is C59H70O8Si. The van der Waals surface area contributed by atoms with Gasteiger partial charge in [0.25, 0.3) is 0 Å². The number of ether oxygens (including phenoxy) is 4. The molecular weight excluding hydrogens is 865 g/mol. The van der Waals surface area contributed by atoms with Crippen LogP contribution >= 0.6 is 0 Å². The number of benzene rings is 3. The summed E-state index contributed by atoms with van der Waals surface area (Å²) in [6, 6.07) is 22.5. The minimum Gasteiger partial charge on any atom is -0.465 e. The fraction of sp³-hybridized carbons (Fsp3) is 0.492. The van der Waals surface area contributed by atoms with Crippen LogP contribution in [0.3, 0.4) is 0 Å². The molecule has 0 saturated heterocycles. The fourth-order valence-electron chi connectivity index (χ4n) is 9.61. The maximum Gasteiger partial charge on any atom is 0.339 e.